The van der Waals surface area contributed by atoms with E-state index in [2.05, 4.69) is 9.38 Å². The molecule has 0 fully saturated rings. The molecule has 0 spiro atoms. The minimum absolute atomic E-state index is 0.183. The molecular weight excluding hydrogens is 296 g/mol. The number of pyridine rings is 1. The molecule has 1 aromatic heterocycles. The van der Waals surface area contributed by atoms with E-state index in [1.807, 2.05) is 31.2 Å². The van der Waals surface area contributed by atoms with E-state index in [-0.39, 0.29) is 4.90 Å². The van der Waals surface area contributed by atoms with Gasteiger partial charge in [-0.25, -0.2) is 0 Å². The van der Waals surface area contributed by atoms with Crippen molar-refractivity contribution in [1.82, 2.24) is 4.98 Å². The molecule has 0 aliphatic rings. The van der Waals surface area contributed by atoms with Crippen molar-refractivity contribution in [3.63, 3.8) is 0 Å². The Morgan fingerprint density at radius 2 is 1.73 bits per heavy atom. The molecule has 1 heterocycles. The monoisotopic (exact) mass is 310 g/mol. The quantitative estimate of drug-likeness (QED) is 0.697. The number of sulfonamides is 1. The van der Waals surface area contributed by atoms with Gasteiger partial charge in [-0.3, -0.25) is 4.98 Å². The fourth-order valence-electron chi connectivity index (χ4n) is 2.14. The third-order valence-corrected chi connectivity index (χ3v) is 4.60. The molecule has 0 saturated carbocycles. The largest absolute Gasteiger partial charge is 0.282 e. The second-order valence-electron chi connectivity index (χ2n) is 4.97. The summed E-state index contributed by atoms with van der Waals surface area (Å²) < 4.78 is 28.3. The Hall–Kier alpha value is -2.53. The van der Waals surface area contributed by atoms with Gasteiger partial charge in [0.25, 0.3) is 10.0 Å². The number of aromatic nitrogens is 1. The molecule has 0 unspecified atom stereocenters. The smallest absolute Gasteiger partial charge is 0.263 e. The van der Waals surface area contributed by atoms with Crippen LogP contribution in [0.25, 0.3) is 10.8 Å². The maximum Gasteiger partial charge on any atom is 0.282 e. The number of hydrogen-bond acceptors (Lipinski definition) is 3. The molecule has 0 amide bonds. The first-order valence-corrected chi connectivity index (χ1v) is 8.20. The maximum atomic E-state index is 12.2. The van der Waals surface area contributed by atoms with Crippen LogP contribution in [0.4, 0.5) is 0 Å². The Morgan fingerprint density at radius 3 is 2.50 bits per heavy atom. The molecule has 0 N–H and O–H groups in total. The lowest BCUT2D eigenvalue weighted by molar-refractivity contribution is 0.598. The highest BCUT2D eigenvalue weighted by Crippen LogP contribution is 2.17. The highest BCUT2D eigenvalue weighted by molar-refractivity contribution is 7.90. The Labute approximate surface area is 129 Å². The van der Waals surface area contributed by atoms with Gasteiger partial charge in [0.05, 0.1) is 4.90 Å². The summed E-state index contributed by atoms with van der Waals surface area (Å²) in [7, 11) is -3.70. The lowest BCUT2D eigenvalue weighted by Crippen LogP contribution is -1.98. The van der Waals surface area contributed by atoms with E-state index < -0.39 is 10.0 Å². The SMILES string of the molecule is Cc1ccc(S(=O)(=O)N=Cc2cncc3ccccc23)cc1. The standard InChI is InChI=1S/C17H14N2O2S/c1-13-6-8-16(9-7-13)22(20,21)19-12-15-11-18-10-14-4-2-3-5-17(14)15/h2-12H,1H3. The van der Waals surface area contributed by atoms with Crippen molar-refractivity contribution in [1.29, 1.82) is 0 Å². The van der Waals surface area contributed by atoms with Crippen molar-refractivity contribution in [2.24, 2.45) is 4.40 Å². The van der Waals surface area contributed by atoms with Gasteiger partial charge in [-0.2, -0.15) is 12.8 Å². The number of benzene rings is 2. The molecule has 2 aromatic carbocycles. The van der Waals surface area contributed by atoms with Crippen LogP contribution >= 0.6 is 0 Å². The van der Waals surface area contributed by atoms with Gasteiger partial charge in [0, 0.05) is 29.6 Å². The fourth-order valence-corrected chi connectivity index (χ4v) is 2.99. The van der Waals surface area contributed by atoms with E-state index in [1.54, 1.807) is 36.7 Å². The highest BCUT2D eigenvalue weighted by Gasteiger charge is 2.11. The van der Waals surface area contributed by atoms with Crippen LogP contribution in [-0.4, -0.2) is 19.6 Å². The molecule has 110 valence electrons. The zero-order chi connectivity index (χ0) is 15.6. The Morgan fingerprint density at radius 1 is 1.00 bits per heavy atom. The van der Waals surface area contributed by atoms with Gasteiger partial charge in [-0.05, 0) is 24.4 Å². The van der Waals surface area contributed by atoms with Crippen molar-refractivity contribution in [3.8, 4) is 0 Å². The first-order valence-electron chi connectivity index (χ1n) is 6.76. The van der Waals surface area contributed by atoms with Crippen molar-refractivity contribution in [2.45, 2.75) is 11.8 Å². The topological polar surface area (TPSA) is 59.4 Å². The van der Waals surface area contributed by atoms with Crippen LogP contribution in [0.3, 0.4) is 0 Å². The number of nitrogens with zero attached hydrogens (tertiary/aromatic N) is 2. The normalized spacial score (nSPS) is 12.0. The zero-order valence-electron chi connectivity index (χ0n) is 12.0. The van der Waals surface area contributed by atoms with E-state index in [0.717, 1.165) is 16.3 Å². The van der Waals surface area contributed by atoms with E-state index in [1.165, 1.54) is 6.21 Å². The molecule has 3 rings (SSSR count). The molecule has 0 bridgehead atoms. The van der Waals surface area contributed by atoms with Gasteiger partial charge in [0.1, 0.15) is 0 Å². The summed E-state index contributed by atoms with van der Waals surface area (Å²) in [6.45, 7) is 1.90. The van der Waals surface area contributed by atoms with Crippen LogP contribution in [-0.2, 0) is 10.0 Å². The Kier molecular flexibility index (Phi) is 3.73. The highest BCUT2D eigenvalue weighted by atomic mass is 32.2. The van der Waals surface area contributed by atoms with Crippen LogP contribution < -0.4 is 0 Å². The third-order valence-electron chi connectivity index (χ3n) is 3.35. The summed E-state index contributed by atoms with van der Waals surface area (Å²) in [5, 5.41) is 1.86. The average molecular weight is 310 g/mol. The number of fused-ring (bicyclic) bond motifs is 1. The van der Waals surface area contributed by atoms with Gasteiger partial charge in [-0.1, -0.05) is 42.0 Å². The maximum absolute atomic E-state index is 12.2. The van der Waals surface area contributed by atoms with Crippen molar-refractivity contribution >= 4 is 27.0 Å². The summed E-state index contributed by atoms with van der Waals surface area (Å²) >= 11 is 0. The number of hydrogen-bond donors (Lipinski definition) is 0. The van der Waals surface area contributed by atoms with Gasteiger partial charge < -0.3 is 0 Å². The van der Waals surface area contributed by atoms with E-state index >= 15 is 0 Å². The van der Waals surface area contributed by atoms with Crippen molar-refractivity contribution in [3.05, 3.63) is 72.1 Å². The molecule has 0 saturated heterocycles. The summed E-state index contributed by atoms with van der Waals surface area (Å²) in [6, 6.07) is 14.3. The van der Waals surface area contributed by atoms with Crippen LogP contribution in [0, 0.1) is 6.92 Å². The summed E-state index contributed by atoms with van der Waals surface area (Å²) in [6.07, 6.45) is 4.70. The predicted molar refractivity (Wildman–Crippen MR) is 87.7 cm³/mol. The Balaban J connectivity index is 2.00. The predicted octanol–water partition coefficient (Wildman–Crippen LogP) is 3.35. The molecule has 0 radical (unpaired) electrons. The van der Waals surface area contributed by atoms with Gasteiger partial charge >= 0.3 is 0 Å². The minimum atomic E-state index is -3.70. The first kappa shape index (κ1) is 14.4. The second-order valence-corrected chi connectivity index (χ2v) is 6.60. The second kappa shape index (κ2) is 5.69. The Bertz CT molecular complexity index is 941. The van der Waals surface area contributed by atoms with Gasteiger partial charge in [-0.15, -0.1) is 0 Å². The minimum Gasteiger partial charge on any atom is -0.263 e. The molecule has 5 heteroatoms. The number of aryl methyl sites for hydroxylation is 1. The van der Waals surface area contributed by atoms with Crippen molar-refractivity contribution in [2.75, 3.05) is 0 Å². The van der Waals surface area contributed by atoms with E-state index in [0.29, 0.717) is 5.56 Å². The van der Waals surface area contributed by atoms with E-state index in [9.17, 15) is 8.42 Å². The lowest BCUT2D eigenvalue weighted by Gasteiger charge is -2.01. The average Bonchev–Trinajstić information content (AvgIpc) is 2.53. The van der Waals surface area contributed by atoms with Gasteiger partial charge in [0.15, 0.2) is 0 Å². The molecule has 0 aliphatic carbocycles. The van der Waals surface area contributed by atoms with Crippen LogP contribution in [0.5, 0.6) is 0 Å². The van der Waals surface area contributed by atoms with Crippen LogP contribution in [0.2, 0.25) is 0 Å². The van der Waals surface area contributed by atoms with Crippen LogP contribution in [0.15, 0.2) is 70.2 Å². The zero-order valence-corrected chi connectivity index (χ0v) is 12.8. The molecule has 4 nitrogen and oxygen atoms in total. The molecule has 22 heavy (non-hydrogen) atoms. The molecular formula is C17H14N2O2S. The summed E-state index contributed by atoms with van der Waals surface area (Å²) in [5.41, 5.74) is 1.68. The summed E-state index contributed by atoms with van der Waals surface area (Å²) in [5.74, 6) is 0. The first-order chi connectivity index (χ1) is 10.6. The van der Waals surface area contributed by atoms with Crippen LogP contribution in [0.1, 0.15) is 11.1 Å². The third kappa shape index (κ3) is 2.89. The number of rotatable bonds is 3. The van der Waals surface area contributed by atoms with E-state index in [4.69, 9.17) is 0 Å². The molecule has 0 aliphatic heterocycles. The fraction of sp³-hybridized carbons (Fsp3) is 0.0588. The van der Waals surface area contributed by atoms with Crippen molar-refractivity contribution < 1.29 is 8.42 Å². The molecule has 0 atom stereocenters. The summed E-state index contributed by atoms with van der Waals surface area (Å²) in [4.78, 5) is 4.29. The van der Waals surface area contributed by atoms with Gasteiger partial charge in [0.2, 0.25) is 0 Å². The lowest BCUT2D eigenvalue weighted by atomic mass is 10.1. The molecule has 3 aromatic rings.